The van der Waals surface area contributed by atoms with E-state index >= 15 is 0 Å². The zero-order valence-electron chi connectivity index (χ0n) is 10.6. The number of rotatable bonds is 3. The third-order valence-electron chi connectivity index (χ3n) is 3.14. The van der Waals surface area contributed by atoms with Crippen molar-refractivity contribution in [3.63, 3.8) is 0 Å². The maximum Gasteiger partial charge on any atom is 0.246 e. The lowest BCUT2D eigenvalue weighted by atomic mass is 10.1. The molecule has 3 aromatic rings. The Labute approximate surface area is 110 Å². The van der Waals surface area contributed by atoms with Crippen LogP contribution < -0.4 is 0 Å². The number of ketones is 1. The van der Waals surface area contributed by atoms with Crippen LogP contribution in [-0.4, -0.2) is 10.8 Å². The van der Waals surface area contributed by atoms with Gasteiger partial charge in [0, 0.05) is 11.6 Å². The maximum atomic E-state index is 12.4. The number of aryl methyl sites for hydroxylation is 1. The third-order valence-corrected chi connectivity index (χ3v) is 3.14. The van der Waals surface area contributed by atoms with E-state index in [2.05, 4.69) is 4.98 Å². The van der Waals surface area contributed by atoms with E-state index in [9.17, 15) is 4.79 Å². The Morgan fingerprint density at radius 1 is 1.21 bits per heavy atom. The molecule has 0 bridgehead atoms. The number of aromatic nitrogens is 1. The molecule has 2 aromatic heterocycles. The molecule has 1 aromatic carbocycles. The maximum absolute atomic E-state index is 12.4. The van der Waals surface area contributed by atoms with Crippen molar-refractivity contribution in [2.24, 2.45) is 0 Å². The van der Waals surface area contributed by atoms with E-state index in [1.807, 2.05) is 43.3 Å². The van der Waals surface area contributed by atoms with Crippen LogP contribution in [0, 0.1) is 0 Å². The lowest BCUT2D eigenvalue weighted by Crippen LogP contribution is -2.06. The Morgan fingerprint density at radius 3 is 2.84 bits per heavy atom. The average Bonchev–Trinajstić information content (AvgIpc) is 2.90. The second-order valence-corrected chi connectivity index (χ2v) is 4.34. The first kappa shape index (κ1) is 11.7. The molecule has 0 N–H and O–H groups in total. The van der Waals surface area contributed by atoms with Gasteiger partial charge in [-0.1, -0.05) is 31.2 Å². The van der Waals surface area contributed by atoms with E-state index in [0.717, 1.165) is 23.0 Å². The molecule has 0 radical (unpaired) electrons. The van der Waals surface area contributed by atoms with E-state index in [4.69, 9.17) is 4.42 Å². The number of para-hydroxylation sites is 1. The number of carbonyl (C=O) groups excluding carboxylic acids is 1. The summed E-state index contributed by atoms with van der Waals surface area (Å²) in [6, 6.07) is 13.1. The molecule has 0 saturated heterocycles. The number of nitrogens with zero attached hydrogens (tertiary/aromatic N) is 1. The molecule has 3 nitrogen and oxygen atoms in total. The van der Waals surface area contributed by atoms with Crippen LogP contribution in [0.5, 0.6) is 0 Å². The summed E-state index contributed by atoms with van der Waals surface area (Å²) in [5.41, 5.74) is 2.14. The molecule has 0 atom stereocenters. The van der Waals surface area contributed by atoms with Crippen LogP contribution in [0.3, 0.4) is 0 Å². The molecule has 0 aliphatic rings. The Bertz CT molecular complexity index is 710. The number of furan rings is 1. The Morgan fingerprint density at radius 2 is 2.05 bits per heavy atom. The van der Waals surface area contributed by atoms with Crippen LogP contribution in [0.2, 0.25) is 0 Å². The smallest absolute Gasteiger partial charge is 0.246 e. The number of hydrogen-bond acceptors (Lipinski definition) is 3. The largest absolute Gasteiger partial charge is 0.453 e. The number of fused-ring (bicyclic) bond motifs is 1. The van der Waals surface area contributed by atoms with Crippen molar-refractivity contribution in [2.75, 3.05) is 0 Å². The van der Waals surface area contributed by atoms with Crippen LogP contribution in [0.25, 0.3) is 11.0 Å². The first-order valence-electron chi connectivity index (χ1n) is 6.26. The first-order chi connectivity index (χ1) is 9.29. The van der Waals surface area contributed by atoms with Gasteiger partial charge in [0.2, 0.25) is 5.78 Å². The van der Waals surface area contributed by atoms with Gasteiger partial charge in [0.1, 0.15) is 11.3 Å². The number of hydrogen-bond donors (Lipinski definition) is 0. The summed E-state index contributed by atoms with van der Waals surface area (Å²) in [5.74, 6) is 0.184. The molecule has 0 unspecified atom stereocenters. The van der Waals surface area contributed by atoms with Gasteiger partial charge in [0.05, 0.1) is 0 Å². The lowest BCUT2D eigenvalue weighted by molar-refractivity contribution is 0.101. The molecule has 0 fully saturated rings. The minimum Gasteiger partial charge on any atom is -0.453 e. The van der Waals surface area contributed by atoms with Crippen LogP contribution >= 0.6 is 0 Å². The molecule has 3 rings (SSSR count). The monoisotopic (exact) mass is 251 g/mol. The molecule has 3 heteroatoms. The highest BCUT2D eigenvalue weighted by Crippen LogP contribution is 2.21. The molecule has 0 aliphatic carbocycles. The fraction of sp³-hybridized carbons (Fsp3) is 0.125. The van der Waals surface area contributed by atoms with Crippen molar-refractivity contribution in [3.8, 4) is 0 Å². The van der Waals surface area contributed by atoms with Crippen molar-refractivity contribution in [1.82, 2.24) is 4.98 Å². The standard InChI is InChI=1S/C16H13NO2/c1-2-11-7-5-9-17-15(11)16(18)14-10-12-6-3-4-8-13(12)19-14/h3-10H,2H2,1H3. The normalized spacial score (nSPS) is 10.8. The Balaban J connectivity index is 2.08. The van der Waals surface area contributed by atoms with Gasteiger partial charge in [-0.3, -0.25) is 9.78 Å². The van der Waals surface area contributed by atoms with E-state index in [-0.39, 0.29) is 5.78 Å². The lowest BCUT2D eigenvalue weighted by Gasteiger charge is -2.02. The van der Waals surface area contributed by atoms with E-state index in [1.165, 1.54) is 0 Å². The fourth-order valence-corrected chi connectivity index (χ4v) is 2.14. The van der Waals surface area contributed by atoms with Gasteiger partial charge in [0.25, 0.3) is 0 Å². The topological polar surface area (TPSA) is 43.1 Å². The summed E-state index contributed by atoms with van der Waals surface area (Å²) >= 11 is 0. The van der Waals surface area contributed by atoms with E-state index in [1.54, 1.807) is 12.3 Å². The SMILES string of the molecule is CCc1cccnc1C(=O)c1cc2ccccc2o1. The summed E-state index contributed by atoms with van der Waals surface area (Å²) in [5, 5.41) is 0.930. The second-order valence-electron chi connectivity index (χ2n) is 4.34. The van der Waals surface area contributed by atoms with Crippen molar-refractivity contribution in [3.05, 3.63) is 65.7 Å². The predicted molar refractivity (Wildman–Crippen MR) is 73.3 cm³/mol. The van der Waals surface area contributed by atoms with Gasteiger partial charge in [-0.25, -0.2) is 0 Å². The average molecular weight is 251 g/mol. The Hall–Kier alpha value is -2.42. The summed E-state index contributed by atoms with van der Waals surface area (Å²) in [6.07, 6.45) is 2.41. The second kappa shape index (κ2) is 4.69. The molecular weight excluding hydrogens is 238 g/mol. The zero-order chi connectivity index (χ0) is 13.2. The van der Waals surface area contributed by atoms with Crippen molar-refractivity contribution in [1.29, 1.82) is 0 Å². The minimum absolute atomic E-state index is 0.159. The van der Waals surface area contributed by atoms with Gasteiger partial charge in [-0.05, 0) is 30.2 Å². The van der Waals surface area contributed by atoms with E-state index in [0.29, 0.717) is 11.5 Å². The van der Waals surface area contributed by atoms with E-state index < -0.39 is 0 Å². The fourth-order valence-electron chi connectivity index (χ4n) is 2.14. The zero-order valence-corrected chi connectivity index (χ0v) is 10.6. The highest BCUT2D eigenvalue weighted by atomic mass is 16.3. The van der Waals surface area contributed by atoms with Gasteiger partial charge in [-0.15, -0.1) is 0 Å². The van der Waals surface area contributed by atoms with Crippen LogP contribution in [0.1, 0.15) is 28.7 Å². The quantitative estimate of drug-likeness (QED) is 0.668. The van der Waals surface area contributed by atoms with Crippen LogP contribution in [0.4, 0.5) is 0 Å². The molecule has 0 aliphatic heterocycles. The highest BCUT2D eigenvalue weighted by Gasteiger charge is 2.18. The molecule has 0 amide bonds. The minimum atomic E-state index is -0.159. The molecule has 0 spiro atoms. The Kier molecular flexibility index (Phi) is 2.88. The number of carbonyl (C=O) groups is 1. The molecule has 0 saturated carbocycles. The van der Waals surface area contributed by atoms with Crippen molar-refractivity contribution >= 4 is 16.8 Å². The number of benzene rings is 1. The summed E-state index contributed by atoms with van der Waals surface area (Å²) in [4.78, 5) is 16.6. The molecule has 2 heterocycles. The molecule has 19 heavy (non-hydrogen) atoms. The first-order valence-corrected chi connectivity index (χ1v) is 6.26. The summed E-state index contributed by atoms with van der Waals surface area (Å²) in [6.45, 7) is 2.01. The third kappa shape index (κ3) is 2.03. The van der Waals surface area contributed by atoms with Crippen LogP contribution in [0.15, 0.2) is 53.1 Å². The summed E-state index contributed by atoms with van der Waals surface area (Å²) < 4.78 is 5.59. The van der Waals surface area contributed by atoms with Crippen molar-refractivity contribution in [2.45, 2.75) is 13.3 Å². The van der Waals surface area contributed by atoms with Gasteiger partial charge in [0.15, 0.2) is 5.76 Å². The molecule has 94 valence electrons. The number of pyridine rings is 1. The predicted octanol–water partition coefficient (Wildman–Crippen LogP) is 3.62. The van der Waals surface area contributed by atoms with Crippen molar-refractivity contribution < 1.29 is 9.21 Å². The van der Waals surface area contributed by atoms with Gasteiger partial charge in [-0.2, -0.15) is 0 Å². The highest BCUT2D eigenvalue weighted by molar-refractivity contribution is 6.08. The van der Waals surface area contributed by atoms with Gasteiger partial charge >= 0.3 is 0 Å². The summed E-state index contributed by atoms with van der Waals surface area (Å²) in [7, 11) is 0. The molecular formula is C16H13NO2. The van der Waals surface area contributed by atoms with Gasteiger partial charge < -0.3 is 4.42 Å². The van der Waals surface area contributed by atoms with Crippen LogP contribution in [-0.2, 0) is 6.42 Å².